The number of para-hydroxylation sites is 1. The van der Waals surface area contributed by atoms with Crippen molar-refractivity contribution in [2.75, 3.05) is 0 Å². The van der Waals surface area contributed by atoms with Crippen LogP contribution in [0.5, 0.6) is 0 Å². The zero-order valence-corrected chi connectivity index (χ0v) is 12.7. The van der Waals surface area contributed by atoms with Crippen LogP contribution >= 0.6 is 11.8 Å². The van der Waals surface area contributed by atoms with Gasteiger partial charge in [-0.05, 0) is 18.1 Å². The van der Waals surface area contributed by atoms with Gasteiger partial charge in [-0.1, -0.05) is 49.9 Å². The number of hydrogen-bond donors (Lipinski definition) is 2. The number of pyridine rings is 1. The van der Waals surface area contributed by atoms with Crippen LogP contribution in [0.4, 0.5) is 4.79 Å². The molecule has 0 saturated heterocycles. The van der Waals surface area contributed by atoms with Crippen molar-refractivity contribution in [1.82, 2.24) is 10.3 Å². The summed E-state index contributed by atoms with van der Waals surface area (Å²) in [5, 5.41) is 3.50. The fraction of sp³-hybridized carbons (Fsp3) is 0.267. The minimum atomic E-state index is -0.835. The van der Waals surface area contributed by atoms with Crippen LogP contribution in [0.15, 0.2) is 41.4 Å². The monoisotopic (exact) mass is 303 g/mol. The highest BCUT2D eigenvalue weighted by atomic mass is 32.2. The topological polar surface area (TPSA) is 85.1 Å². The van der Waals surface area contributed by atoms with E-state index in [9.17, 15) is 9.59 Å². The van der Waals surface area contributed by atoms with Gasteiger partial charge in [0.15, 0.2) is 0 Å². The van der Waals surface area contributed by atoms with Gasteiger partial charge in [0.2, 0.25) is 5.91 Å². The van der Waals surface area contributed by atoms with Gasteiger partial charge in [-0.2, -0.15) is 0 Å². The van der Waals surface area contributed by atoms with Gasteiger partial charge in [-0.15, -0.1) is 0 Å². The molecule has 5 nitrogen and oxygen atoms in total. The SMILES string of the molecule is CC(C)C(Sc1ccc2ccccc2n1)C(=O)NC(N)=O. The van der Waals surface area contributed by atoms with Crippen molar-refractivity contribution >= 4 is 34.6 Å². The minimum absolute atomic E-state index is 0.0441. The fourth-order valence-corrected chi connectivity index (χ4v) is 2.92. The van der Waals surface area contributed by atoms with Crippen molar-refractivity contribution in [1.29, 1.82) is 0 Å². The van der Waals surface area contributed by atoms with Gasteiger partial charge in [0, 0.05) is 5.39 Å². The predicted octanol–water partition coefficient (Wildman–Crippen LogP) is 2.55. The first-order valence-electron chi connectivity index (χ1n) is 6.60. The van der Waals surface area contributed by atoms with Gasteiger partial charge in [-0.25, -0.2) is 9.78 Å². The molecular formula is C15H17N3O2S. The van der Waals surface area contributed by atoms with E-state index in [1.54, 1.807) is 0 Å². The average molecular weight is 303 g/mol. The number of benzene rings is 1. The molecule has 2 aromatic rings. The number of imide groups is 1. The maximum atomic E-state index is 12.0. The summed E-state index contributed by atoms with van der Waals surface area (Å²) in [6.45, 7) is 3.83. The van der Waals surface area contributed by atoms with E-state index in [-0.39, 0.29) is 5.92 Å². The lowest BCUT2D eigenvalue weighted by Crippen LogP contribution is -2.42. The molecule has 0 aliphatic heterocycles. The molecule has 3 amide bonds. The van der Waals surface area contributed by atoms with E-state index in [1.165, 1.54) is 11.8 Å². The molecule has 1 atom stereocenters. The number of nitrogens with zero attached hydrogens (tertiary/aromatic N) is 1. The molecule has 0 spiro atoms. The summed E-state index contributed by atoms with van der Waals surface area (Å²) < 4.78 is 0. The summed E-state index contributed by atoms with van der Waals surface area (Å²) in [5.74, 6) is -0.347. The molecule has 2 rings (SSSR count). The van der Waals surface area contributed by atoms with Gasteiger partial charge in [-0.3, -0.25) is 10.1 Å². The van der Waals surface area contributed by atoms with E-state index >= 15 is 0 Å². The summed E-state index contributed by atoms with van der Waals surface area (Å²) in [4.78, 5) is 27.4. The quantitative estimate of drug-likeness (QED) is 0.850. The first kappa shape index (κ1) is 15.3. The van der Waals surface area contributed by atoms with Crippen LogP contribution < -0.4 is 11.1 Å². The minimum Gasteiger partial charge on any atom is -0.351 e. The number of carbonyl (C=O) groups excluding carboxylic acids is 2. The normalized spacial score (nSPS) is 12.3. The Hall–Kier alpha value is -2.08. The standard InChI is InChI=1S/C15H17N3O2S/c1-9(2)13(14(19)18-15(16)20)21-12-8-7-10-5-3-4-6-11(10)17-12/h3-9,13H,1-2H3,(H3,16,18,19,20). The number of hydrogen-bond acceptors (Lipinski definition) is 4. The molecule has 0 bridgehead atoms. The number of amides is 3. The van der Waals surface area contributed by atoms with Crippen LogP contribution in [0.25, 0.3) is 10.9 Å². The predicted molar refractivity (Wildman–Crippen MR) is 84.0 cm³/mol. The molecule has 0 radical (unpaired) electrons. The van der Waals surface area contributed by atoms with Crippen LogP contribution in [-0.2, 0) is 4.79 Å². The molecule has 21 heavy (non-hydrogen) atoms. The zero-order chi connectivity index (χ0) is 15.4. The summed E-state index contributed by atoms with van der Waals surface area (Å²) in [6.07, 6.45) is 0. The number of carbonyl (C=O) groups is 2. The van der Waals surface area contributed by atoms with Crippen LogP contribution in [0.3, 0.4) is 0 Å². The Labute approximate surface area is 127 Å². The van der Waals surface area contributed by atoms with Crippen molar-refractivity contribution in [2.24, 2.45) is 11.7 Å². The fourth-order valence-electron chi connectivity index (χ4n) is 1.93. The maximum absolute atomic E-state index is 12.0. The Morgan fingerprint density at radius 1 is 1.19 bits per heavy atom. The third kappa shape index (κ3) is 3.95. The number of thioether (sulfide) groups is 1. The van der Waals surface area contributed by atoms with Gasteiger partial charge in [0.1, 0.15) is 0 Å². The zero-order valence-electron chi connectivity index (χ0n) is 11.9. The highest BCUT2D eigenvalue weighted by Gasteiger charge is 2.25. The first-order chi connectivity index (χ1) is 9.97. The van der Waals surface area contributed by atoms with Crippen molar-refractivity contribution < 1.29 is 9.59 Å². The molecule has 1 aromatic carbocycles. The van der Waals surface area contributed by atoms with E-state index in [2.05, 4.69) is 10.3 Å². The highest BCUT2D eigenvalue weighted by Crippen LogP contribution is 2.28. The lowest BCUT2D eigenvalue weighted by atomic mass is 10.1. The molecular weight excluding hydrogens is 286 g/mol. The molecule has 1 heterocycles. The third-order valence-corrected chi connectivity index (χ3v) is 4.41. The lowest BCUT2D eigenvalue weighted by Gasteiger charge is -2.18. The van der Waals surface area contributed by atoms with E-state index in [1.807, 2.05) is 50.2 Å². The van der Waals surface area contributed by atoms with E-state index < -0.39 is 17.2 Å². The Kier molecular flexibility index (Phi) is 4.80. The smallest absolute Gasteiger partial charge is 0.318 e. The Balaban J connectivity index is 2.22. The molecule has 3 N–H and O–H groups in total. The number of urea groups is 1. The summed E-state index contributed by atoms with van der Waals surface area (Å²) in [7, 11) is 0. The summed E-state index contributed by atoms with van der Waals surface area (Å²) in [6, 6.07) is 10.8. The molecule has 0 fully saturated rings. The van der Waals surface area contributed by atoms with Crippen LogP contribution in [-0.4, -0.2) is 22.2 Å². The lowest BCUT2D eigenvalue weighted by molar-refractivity contribution is -0.120. The van der Waals surface area contributed by atoms with Gasteiger partial charge >= 0.3 is 6.03 Å². The second-order valence-electron chi connectivity index (χ2n) is 4.98. The van der Waals surface area contributed by atoms with E-state index in [0.717, 1.165) is 15.9 Å². The number of rotatable bonds is 4. The highest BCUT2D eigenvalue weighted by molar-refractivity contribution is 8.00. The Morgan fingerprint density at radius 3 is 2.57 bits per heavy atom. The van der Waals surface area contributed by atoms with Crippen LogP contribution in [0.2, 0.25) is 0 Å². The van der Waals surface area contributed by atoms with Crippen molar-refractivity contribution in [3.63, 3.8) is 0 Å². The molecule has 1 aromatic heterocycles. The number of fused-ring (bicyclic) bond motifs is 1. The Bertz CT molecular complexity index is 673. The molecule has 0 aliphatic rings. The van der Waals surface area contributed by atoms with Crippen LogP contribution in [0.1, 0.15) is 13.8 Å². The third-order valence-electron chi connectivity index (χ3n) is 2.93. The molecule has 110 valence electrons. The van der Waals surface area contributed by atoms with Gasteiger partial charge < -0.3 is 5.73 Å². The van der Waals surface area contributed by atoms with Crippen molar-refractivity contribution in [3.8, 4) is 0 Å². The number of aromatic nitrogens is 1. The average Bonchev–Trinajstić information content (AvgIpc) is 2.43. The number of nitrogens with two attached hydrogens (primary N) is 1. The van der Waals surface area contributed by atoms with Crippen molar-refractivity contribution in [2.45, 2.75) is 24.1 Å². The second-order valence-corrected chi connectivity index (χ2v) is 6.14. The molecule has 0 saturated carbocycles. The van der Waals surface area contributed by atoms with Crippen molar-refractivity contribution in [3.05, 3.63) is 36.4 Å². The molecule has 0 aliphatic carbocycles. The largest absolute Gasteiger partial charge is 0.351 e. The number of primary amides is 1. The molecule has 6 heteroatoms. The van der Waals surface area contributed by atoms with E-state index in [4.69, 9.17) is 5.73 Å². The maximum Gasteiger partial charge on any atom is 0.318 e. The van der Waals surface area contributed by atoms with Crippen LogP contribution in [0, 0.1) is 5.92 Å². The Morgan fingerprint density at radius 2 is 1.90 bits per heavy atom. The second kappa shape index (κ2) is 6.58. The first-order valence-corrected chi connectivity index (χ1v) is 7.48. The van der Waals surface area contributed by atoms with Gasteiger partial charge in [0.05, 0.1) is 15.8 Å². The van der Waals surface area contributed by atoms with Gasteiger partial charge in [0.25, 0.3) is 0 Å². The number of nitrogens with one attached hydrogen (secondary N) is 1. The summed E-state index contributed by atoms with van der Waals surface area (Å²) >= 11 is 1.33. The molecule has 1 unspecified atom stereocenters. The summed E-state index contributed by atoms with van der Waals surface area (Å²) in [5.41, 5.74) is 5.88. The van der Waals surface area contributed by atoms with E-state index in [0.29, 0.717) is 0 Å².